The fraction of sp³-hybridized carbons (Fsp3) is 0.190. The van der Waals surface area contributed by atoms with Gasteiger partial charge in [0.15, 0.2) is 0 Å². The first kappa shape index (κ1) is 22.3. The van der Waals surface area contributed by atoms with Gasteiger partial charge in [-0.3, -0.25) is 15.4 Å². The smallest absolute Gasteiger partial charge is 0.411 e. The molecule has 1 heterocycles. The number of amides is 1. The number of hydrogen-bond acceptors (Lipinski definition) is 9. The molecular formula is C21H18N2O9. The highest BCUT2D eigenvalue weighted by Crippen LogP contribution is 2.26. The van der Waals surface area contributed by atoms with Crippen LogP contribution < -0.4 is 15.7 Å². The van der Waals surface area contributed by atoms with Gasteiger partial charge in [-0.1, -0.05) is 0 Å². The summed E-state index contributed by atoms with van der Waals surface area (Å²) in [6.07, 6.45) is -0.662. The maximum atomic E-state index is 12.5. The SMILES string of the molecule is CCOC(=O)Nc1ccc2c(COC(=O)c3cc([N+](=O)[O-])ccc3OC)cc(=O)oc2c1. The van der Waals surface area contributed by atoms with E-state index in [1.54, 1.807) is 19.1 Å². The molecule has 0 saturated carbocycles. The van der Waals surface area contributed by atoms with E-state index in [1.165, 1.54) is 31.4 Å². The van der Waals surface area contributed by atoms with Gasteiger partial charge in [0.05, 0.1) is 18.6 Å². The molecule has 32 heavy (non-hydrogen) atoms. The number of nitrogens with one attached hydrogen (secondary N) is 1. The number of methoxy groups -OCH3 is 1. The Morgan fingerprint density at radius 1 is 1.12 bits per heavy atom. The van der Waals surface area contributed by atoms with Crippen molar-refractivity contribution in [3.63, 3.8) is 0 Å². The molecular weight excluding hydrogens is 424 g/mol. The van der Waals surface area contributed by atoms with Crippen LogP contribution in [0.4, 0.5) is 16.2 Å². The Morgan fingerprint density at radius 2 is 1.91 bits per heavy atom. The third kappa shape index (κ3) is 5.01. The number of carbonyl (C=O) groups is 2. The molecule has 11 heteroatoms. The summed E-state index contributed by atoms with van der Waals surface area (Å²) >= 11 is 0. The molecule has 166 valence electrons. The fourth-order valence-corrected chi connectivity index (χ4v) is 2.90. The molecule has 0 radical (unpaired) electrons. The number of ether oxygens (including phenoxy) is 3. The Kier molecular flexibility index (Phi) is 6.68. The number of anilines is 1. The van der Waals surface area contributed by atoms with E-state index in [-0.39, 0.29) is 35.8 Å². The Labute approximate surface area is 180 Å². The van der Waals surface area contributed by atoms with E-state index in [0.29, 0.717) is 16.6 Å². The van der Waals surface area contributed by atoms with Crippen molar-refractivity contribution >= 4 is 34.4 Å². The van der Waals surface area contributed by atoms with E-state index in [9.17, 15) is 24.5 Å². The highest BCUT2D eigenvalue weighted by Gasteiger charge is 2.19. The van der Waals surface area contributed by atoms with E-state index in [4.69, 9.17) is 18.6 Å². The minimum Gasteiger partial charge on any atom is -0.496 e. The van der Waals surface area contributed by atoms with Crippen LogP contribution in [0.15, 0.2) is 51.7 Å². The summed E-state index contributed by atoms with van der Waals surface area (Å²) in [5.74, 6) is -0.764. The first-order chi connectivity index (χ1) is 15.3. The minimum absolute atomic E-state index is 0.104. The standard InChI is InChI=1S/C21H18N2O9/c1-3-30-21(26)22-13-4-6-15-12(8-19(24)32-18(15)9-13)11-31-20(25)16-10-14(23(27)28)5-7-17(16)29-2/h4-10H,3,11H2,1-2H3,(H,22,26). The second-order valence-electron chi connectivity index (χ2n) is 6.36. The second-order valence-corrected chi connectivity index (χ2v) is 6.36. The first-order valence-electron chi connectivity index (χ1n) is 9.32. The van der Waals surface area contributed by atoms with Crippen molar-refractivity contribution in [2.24, 2.45) is 0 Å². The quantitative estimate of drug-likeness (QED) is 0.251. The van der Waals surface area contributed by atoms with Crippen molar-refractivity contribution in [2.45, 2.75) is 13.5 Å². The molecule has 0 fully saturated rings. The van der Waals surface area contributed by atoms with E-state index in [2.05, 4.69) is 5.32 Å². The van der Waals surface area contributed by atoms with E-state index < -0.39 is 22.6 Å². The number of benzene rings is 2. The number of hydrogen-bond donors (Lipinski definition) is 1. The van der Waals surface area contributed by atoms with Gasteiger partial charge in [-0.05, 0) is 25.1 Å². The molecule has 2 aromatic carbocycles. The number of esters is 1. The van der Waals surface area contributed by atoms with Crippen LogP contribution in [0.25, 0.3) is 11.0 Å². The molecule has 0 spiro atoms. The third-order valence-corrected chi connectivity index (χ3v) is 4.32. The molecule has 0 aliphatic heterocycles. The average Bonchev–Trinajstić information content (AvgIpc) is 2.76. The molecule has 1 aromatic heterocycles. The van der Waals surface area contributed by atoms with Crippen molar-refractivity contribution in [3.05, 3.63) is 74.1 Å². The lowest BCUT2D eigenvalue weighted by atomic mass is 10.1. The molecule has 1 N–H and O–H groups in total. The Balaban J connectivity index is 1.85. The van der Waals surface area contributed by atoms with Gasteiger partial charge in [-0.2, -0.15) is 0 Å². The molecule has 3 rings (SSSR count). The van der Waals surface area contributed by atoms with Crippen molar-refractivity contribution in [2.75, 3.05) is 19.0 Å². The number of non-ortho nitro benzene ring substituents is 1. The van der Waals surface area contributed by atoms with Crippen LogP contribution in [0.3, 0.4) is 0 Å². The third-order valence-electron chi connectivity index (χ3n) is 4.32. The van der Waals surface area contributed by atoms with E-state index in [1.807, 2.05) is 0 Å². The second kappa shape index (κ2) is 9.60. The summed E-state index contributed by atoms with van der Waals surface area (Å²) in [7, 11) is 1.32. The van der Waals surface area contributed by atoms with Crippen molar-refractivity contribution < 1.29 is 33.1 Å². The number of nitro benzene ring substituents is 1. The van der Waals surface area contributed by atoms with Crippen LogP contribution in [0, 0.1) is 10.1 Å². The van der Waals surface area contributed by atoms with Gasteiger partial charge < -0.3 is 18.6 Å². The van der Waals surface area contributed by atoms with Gasteiger partial charge in [0, 0.05) is 40.9 Å². The number of fused-ring (bicyclic) bond motifs is 1. The predicted octanol–water partition coefficient (Wildman–Crippen LogP) is 3.64. The average molecular weight is 442 g/mol. The van der Waals surface area contributed by atoms with Crippen molar-refractivity contribution in [1.82, 2.24) is 0 Å². The van der Waals surface area contributed by atoms with Gasteiger partial charge in [-0.25, -0.2) is 14.4 Å². The van der Waals surface area contributed by atoms with Gasteiger partial charge in [0.2, 0.25) is 0 Å². The van der Waals surface area contributed by atoms with E-state index >= 15 is 0 Å². The van der Waals surface area contributed by atoms with E-state index in [0.717, 1.165) is 6.07 Å². The number of rotatable bonds is 7. The molecule has 0 saturated heterocycles. The lowest BCUT2D eigenvalue weighted by Gasteiger charge is -2.11. The zero-order valence-corrected chi connectivity index (χ0v) is 17.1. The predicted molar refractivity (Wildman–Crippen MR) is 112 cm³/mol. The largest absolute Gasteiger partial charge is 0.496 e. The molecule has 1 amide bonds. The lowest BCUT2D eigenvalue weighted by molar-refractivity contribution is -0.384. The summed E-state index contributed by atoms with van der Waals surface area (Å²) < 4.78 is 20.3. The molecule has 0 aliphatic carbocycles. The van der Waals surface area contributed by atoms with Crippen LogP contribution >= 0.6 is 0 Å². The molecule has 0 bridgehead atoms. The molecule has 0 aliphatic rings. The highest BCUT2D eigenvalue weighted by molar-refractivity contribution is 5.94. The zero-order chi connectivity index (χ0) is 23.3. The first-order valence-corrected chi connectivity index (χ1v) is 9.32. The summed E-state index contributed by atoms with van der Waals surface area (Å²) in [6.45, 7) is 1.55. The molecule has 11 nitrogen and oxygen atoms in total. The lowest BCUT2D eigenvalue weighted by Crippen LogP contribution is -2.13. The zero-order valence-electron chi connectivity index (χ0n) is 17.1. The van der Waals surface area contributed by atoms with Crippen molar-refractivity contribution in [3.8, 4) is 5.75 Å². The van der Waals surface area contributed by atoms with Crippen LogP contribution in [0.2, 0.25) is 0 Å². The van der Waals surface area contributed by atoms with Gasteiger partial charge >= 0.3 is 17.7 Å². The fourth-order valence-electron chi connectivity index (χ4n) is 2.90. The number of carbonyl (C=O) groups excluding carboxylic acids is 2. The Bertz CT molecular complexity index is 1250. The van der Waals surface area contributed by atoms with Gasteiger partial charge in [0.1, 0.15) is 23.5 Å². The topological polar surface area (TPSA) is 147 Å². The highest BCUT2D eigenvalue weighted by atomic mass is 16.6. The normalized spacial score (nSPS) is 10.4. The number of nitrogens with zero attached hydrogens (tertiary/aromatic N) is 1. The Hall–Kier alpha value is -4.41. The summed E-state index contributed by atoms with van der Waals surface area (Å²) in [5, 5.41) is 14.0. The van der Waals surface area contributed by atoms with Gasteiger partial charge in [-0.15, -0.1) is 0 Å². The molecule has 3 aromatic rings. The monoisotopic (exact) mass is 442 g/mol. The van der Waals surface area contributed by atoms with Crippen LogP contribution in [0.5, 0.6) is 5.75 Å². The summed E-state index contributed by atoms with van der Waals surface area (Å²) in [5.41, 5.74) is -0.276. The number of nitro groups is 1. The van der Waals surface area contributed by atoms with Crippen LogP contribution in [0.1, 0.15) is 22.8 Å². The summed E-state index contributed by atoms with van der Waals surface area (Å²) in [6, 6.07) is 9.28. The molecule has 0 unspecified atom stereocenters. The van der Waals surface area contributed by atoms with Crippen LogP contribution in [-0.2, 0) is 16.1 Å². The molecule has 0 atom stereocenters. The minimum atomic E-state index is -0.868. The summed E-state index contributed by atoms with van der Waals surface area (Å²) in [4.78, 5) is 46.4. The van der Waals surface area contributed by atoms with Crippen molar-refractivity contribution in [1.29, 1.82) is 0 Å². The Morgan fingerprint density at radius 3 is 2.59 bits per heavy atom. The van der Waals surface area contributed by atoms with Gasteiger partial charge in [0.25, 0.3) is 5.69 Å². The maximum Gasteiger partial charge on any atom is 0.411 e. The maximum absolute atomic E-state index is 12.5. The van der Waals surface area contributed by atoms with Crippen LogP contribution in [-0.4, -0.2) is 30.7 Å².